The Balaban J connectivity index is 2.56. The first-order chi connectivity index (χ1) is 9.01. The number of nitrogens with two attached hydrogens (primary N) is 1. The molecule has 0 radical (unpaired) electrons. The van der Waals surface area contributed by atoms with Gasteiger partial charge in [-0.1, -0.05) is 22.9 Å². The minimum Gasteiger partial charge on any atom is -0.330 e. The maximum Gasteiger partial charge on any atom is 0.133 e. The molecule has 0 spiro atoms. The second kappa shape index (κ2) is 5.75. The van der Waals surface area contributed by atoms with Crippen LogP contribution in [0, 0.1) is 12.7 Å². The van der Waals surface area contributed by atoms with Crippen LogP contribution in [0.2, 0.25) is 0 Å². The molecule has 0 bridgehead atoms. The van der Waals surface area contributed by atoms with Gasteiger partial charge in [0, 0.05) is 28.2 Å². The Morgan fingerprint density at radius 1 is 1.32 bits per heavy atom. The first-order valence-corrected chi connectivity index (χ1v) is 6.81. The number of aromatic nitrogens is 2. The van der Waals surface area contributed by atoms with Crippen molar-refractivity contribution in [3.05, 3.63) is 46.1 Å². The van der Waals surface area contributed by atoms with E-state index in [1.165, 1.54) is 6.07 Å². The predicted molar refractivity (Wildman–Crippen MR) is 77.3 cm³/mol. The van der Waals surface area contributed by atoms with Crippen LogP contribution in [0.15, 0.2) is 28.7 Å². The fourth-order valence-electron chi connectivity index (χ4n) is 1.75. The fraction of sp³-hybridized carbons (Fsp3) is 0.286. The molecule has 5 heteroatoms. The molecule has 2 aromatic rings. The molecule has 0 amide bonds. The Labute approximate surface area is 120 Å². The number of hydrogen-bond donors (Lipinski definition) is 1. The van der Waals surface area contributed by atoms with Gasteiger partial charge in [0.2, 0.25) is 0 Å². The molecule has 1 heterocycles. The summed E-state index contributed by atoms with van der Waals surface area (Å²) < 4.78 is 14.7. The highest BCUT2D eigenvalue weighted by Crippen LogP contribution is 2.26. The summed E-state index contributed by atoms with van der Waals surface area (Å²) in [6.45, 7) is 4.29. The van der Waals surface area contributed by atoms with Crippen LogP contribution in [0.25, 0.3) is 11.3 Å². The highest BCUT2D eigenvalue weighted by atomic mass is 79.9. The minimum absolute atomic E-state index is 0.0499. The van der Waals surface area contributed by atoms with Gasteiger partial charge >= 0.3 is 0 Å². The Morgan fingerprint density at radius 2 is 2.05 bits per heavy atom. The number of halogens is 2. The molecule has 100 valence electrons. The monoisotopic (exact) mass is 323 g/mol. The van der Waals surface area contributed by atoms with E-state index in [-0.39, 0.29) is 11.7 Å². The van der Waals surface area contributed by atoms with Gasteiger partial charge in [-0.05, 0) is 31.2 Å². The number of nitrogens with zero attached hydrogens (tertiary/aromatic N) is 2. The minimum atomic E-state index is -0.298. The van der Waals surface area contributed by atoms with Gasteiger partial charge in [-0.2, -0.15) is 0 Å². The van der Waals surface area contributed by atoms with E-state index < -0.39 is 0 Å². The summed E-state index contributed by atoms with van der Waals surface area (Å²) in [5.41, 5.74) is 7.49. The van der Waals surface area contributed by atoms with Crippen molar-refractivity contribution in [2.45, 2.75) is 19.8 Å². The molecule has 3 nitrogen and oxygen atoms in total. The lowest BCUT2D eigenvalue weighted by Gasteiger charge is -2.11. The van der Waals surface area contributed by atoms with Gasteiger partial charge in [-0.25, -0.2) is 14.4 Å². The van der Waals surface area contributed by atoms with Crippen molar-refractivity contribution in [1.82, 2.24) is 9.97 Å². The van der Waals surface area contributed by atoms with E-state index in [4.69, 9.17) is 5.73 Å². The van der Waals surface area contributed by atoms with Gasteiger partial charge in [-0.3, -0.25) is 0 Å². The van der Waals surface area contributed by atoms with E-state index in [1.54, 1.807) is 18.2 Å². The maximum atomic E-state index is 13.9. The first-order valence-electron chi connectivity index (χ1n) is 6.02. The summed E-state index contributed by atoms with van der Waals surface area (Å²) in [6, 6.07) is 6.57. The quantitative estimate of drug-likeness (QED) is 0.941. The molecule has 1 atom stereocenters. The third-order valence-corrected chi connectivity index (χ3v) is 3.36. The summed E-state index contributed by atoms with van der Waals surface area (Å²) in [5, 5.41) is 0. The Hall–Kier alpha value is -1.33. The van der Waals surface area contributed by atoms with E-state index in [2.05, 4.69) is 25.9 Å². The summed E-state index contributed by atoms with van der Waals surface area (Å²) in [4.78, 5) is 8.78. The first kappa shape index (κ1) is 14.1. The summed E-state index contributed by atoms with van der Waals surface area (Å²) >= 11 is 3.34. The molecule has 0 saturated heterocycles. The van der Waals surface area contributed by atoms with Gasteiger partial charge in [-0.15, -0.1) is 0 Å². The lowest BCUT2D eigenvalue weighted by atomic mass is 10.1. The molecule has 0 aliphatic heterocycles. The van der Waals surface area contributed by atoms with Gasteiger partial charge in [0.15, 0.2) is 0 Å². The number of aryl methyl sites for hydroxylation is 1. The summed E-state index contributed by atoms with van der Waals surface area (Å²) in [6.07, 6.45) is 0. The van der Waals surface area contributed by atoms with Crippen LogP contribution in [-0.2, 0) is 0 Å². The molecule has 0 aliphatic rings. The van der Waals surface area contributed by atoms with Crippen LogP contribution in [0.3, 0.4) is 0 Å². The molecule has 2 rings (SSSR count). The third-order valence-electron chi connectivity index (χ3n) is 2.87. The van der Waals surface area contributed by atoms with Crippen molar-refractivity contribution in [1.29, 1.82) is 0 Å². The molecule has 0 aliphatic carbocycles. The van der Waals surface area contributed by atoms with E-state index in [0.29, 0.717) is 23.6 Å². The second-order valence-corrected chi connectivity index (χ2v) is 5.43. The van der Waals surface area contributed by atoms with E-state index >= 15 is 0 Å². The molecule has 1 unspecified atom stereocenters. The van der Waals surface area contributed by atoms with Gasteiger partial charge in [0.05, 0.1) is 5.69 Å². The van der Waals surface area contributed by atoms with E-state index in [0.717, 1.165) is 10.2 Å². The van der Waals surface area contributed by atoms with Crippen molar-refractivity contribution < 1.29 is 4.39 Å². The normalized spacial score (nSPS) is 12.5. The van der Waals surface area contributed by atoms with Crippen LogP contribution in [0.5, 0.6) is 0 Å². The number of rotatable bonds is 3. The zero-order chi connectivity index (χ0) is 14.0. The van der Waals surface area contributed by atoms with Crippen LogP contribution in [0.4, 0.5) is 4.39 Å². The Kier molecular flexibility index (Phi) is 4.27. The van der Waals surface area contributed by atoms with Crippen LogP contribution >= 0.6 is 15.9 Å². The standard InChI is InChI=1S/C14H15BrFN3/c1-8(7-17)14-18-9(2)5-13(19-14)11-6-10(15)3-4-12(11)16/h3-6,8H,7,17H2,1-2H3. The van der Waals surface area contributed by atoms with Crippen molar-refractivity contribution in [2.75, 3.05) is 6.54 Å². The van der Waals surface area contributed by atoms with E-state index in [1.807, 2.05) is 13.8 Å². The van der Waals surface area contributed by atoms with Crippen LogP contribution in [-0.4, -0.2) is 16.5 Å². The zero-order valence-electron chi connectivity index (χ0n) is 10.8. The van der Waals surface area contributed by atoms with Crippen molar-refractivity contribution in [3.8, 4) is 11.3 Å². The Morgan fingerprint density at radius 3 is 2.74 bits per heavy atom. The average molecular weight is 324 g/mol. The second-order valence-electron chi connectivity index (χ2n) is 4.51. The smallest absolute Gasteiger partial charge is 0.133 e. The highest BCUT2D eigenvalue weighted by molar-refractivity contribution is 9.10. The van der Waals surface area contributed by atoms with Crippen molar-refractivity contribution >= 4 is 15.9 Å². The Bertz CT molecular complexity index is 601. The van der Waals surface area contributed by atoms with Gasteiger partial charge in [0.25, 0.3) is 0 Å². The predicted octanol–water partition coefficient (Wildman–Crippen LogP) is 3.42. The molecule has 0 fully saturated rings. The SMILES string of the molecule is Cc1cc(-c2cc(Br)ccc2F)nc(C(C)CN)n1. The average Bonchev–Trinajstić information content (AvgIpc) is 2.39. The molecule has 1 aromatic heterocycles. The fourth-order valence-corrected chi connectivity index (χ4v) is 2.11. The maximum absolute atomic E-state index is 13.9. The zero-order valence-corrected chi connectivity index (χ0v) is 12.4. The highest BCUT2D eigenvalue weighted by Gasteiger charge is 2.13. The molecular weight excluding hydrogens is 309 g/mol. The molecule has 19 heavy (non-hydrogen) atoms. The molecule has 1 aromatic carbocycles. The number of benzene rings is 1. The largest absolute Gasteiger partial charge is 0.330 e. The van der Waals surface area contributed by atoms with Gasteiger partial charge < -0.3 is 5.73 Å². The van der Waals surface area contributed by atoms with Gasteiger partial charge in [0.1, 0.15) is 11.6 Å². The molecule has 0 saturated carbocycles. The van der Waals surface area contributed by atoms with E-state index in [9.17, 15) is 4.39 Å². The van der Waals surface area contributed by atoms with Crippen LogP contribution < -0.4 is 5.73 Å². The van der Waals surface area contributed by atoms with Crippen molar-refractivity contribution in [2.24, 2.45) is 5.73 Å². The lowest BCUT2D eigenvalue weighted by molar-refractivity contribution is 0.629. The topological polar surface area (TPSA) is 51.8 Å². The molecular formula is C14H15BrFN3. The summed E-state index contributed by atoms with van der Waals surface area (Å²) in [5.74, 6) is 0.401. The lowest BCUT2D eigenvalue weighted by Crippen LogP contribution is -2.13. The van der Waals surface area contributed by atoms with Crippen molar-refractivity contribution in [3.63, 3.8) is 0 Å². The summed E-state index contributed by atoms with van der Waals surface area (Å²) in [7, 11) is 0. The van der Waals surface area contributed by atoms with Crippen LogP contribution in [0.1, 0.15) is 24.4 Å². The third kappa shape index (κ3) is 3.16. The number of hydrogen-bond acceptors (Lipinski definition) is 3. The molecule has 2 N–H and O–H groups in total.